The Kier molecular flexibility index (Phi) is 1.78. The van der Waals surface area contributed by atoms with Crippen molar-refractivity contribution in [2.24, 2.45) is 0 Å². The van der Waals surface area contributed by atoms with Crippen LogP contribution in [0, 0.1) is 0 Å². The Hall–Kier alpha value is -0.800. The molecule has 10 heavy (non-hydrogen) atoms. The molecule has 1 fully saturated rings. The van der Waals surface area contributed by atoms with Gasteiger partial charge in [0.15, 0.2) is 0 Å². The number of carbonyl (C=O) groups is 1. The van der Waals surface area contributed by atoms with E-state index in [4.69, 9.17) is 4.74 Å². The van der Waals surface area contributed by atoms with Gasteiger partial charge >= 0.3 is 6.09 Å². The van der Waals surface area contributed by atoms with Crippen LogP contribution in [0.4, 0.5) is 9.18 Å². The smallest absolute Gasteiger partial charge is 0.407 e. The minimum Gasteiger partial charge on any atom is -0.441 e. The van der Waals surface area contributed by atoms with E-state index < -0.39 is 18.4 Å². The van der Waals surface area contributed by atoms with Crippen LogP contribution < -0.4 is 5.32 Å². The molecule has 4 heteroatoms. The molecule has 3 nitrogen and oxygen atoms in total. The van der Waals surface area contributed by atoms with E-state index in [0.717, 1.165) is 0 Å². The first-order chi connectivity index (χ1) is 4.66. The predicted octanol–water partition coefficient (Wildman–Crippen LogP) is 0.845. The molecule has 58 valence electrons. The molecular weight excluding hydrogens is 137 g/mol. The van der Waals surface area contributed by atoms with Gasteiger partial charge < -0.3 is 10.1 Å². The van der Waals surface area contributed by atoms with Gasteiger partial charge in [0.05, 0.1) is 13.2 Å². The maximum Gasteiger partial charge on any atom is 0.407 e. The number of alkyl carbamates (subject to hydrolysis) is 1. The van der Waals surface area contributed by atoms with Crippen LogP contribution >= 0.6 is 0 Å². The first kappa shape index (κ1) is 7.31. The van der Waals surface area contributed by atoms with Crippen molar-refractivity contribution in [1.82, 2.24) is 5.32 Å². The Balaban J connectivity index is 2.46. The lowest BCUT2D eigenvalue weighted by molar-refractivity contribution is 0.0596. The van der Waals surface area contributed by atoms with E-state index in [-0.39, 0.29) is 6.42 Å². The van der Waals surface area contributed by atoms with Crippen LogP contribution in [-0.2, 0) is 4.74 Å². The summed E-state index contributed by atoms with van der Waals surface area (Å²) in [7, 11) is 0. The first-order valence-corrected chi connectivity index (χ1v) is 3.19. The molecule has 0 bridgehead atoms. The van der Waals surface area contributed by atoms with Gasteiger partial charge in [-0.15, -0.1) is 0 Å². The number of amides is 1. The van der Waals surface area contributed by atoms with Crippen LogP contribution in [0.1, 0.15) is 13.3 Å². The second-order valence-corrected chi connectivity index (χ2v) is 2.63. The molecule has 1 aliphatic rings. The average Bonchev–Trinajstić information content (AvgIpc) is 2.12. The first-order valence-electron chi connectivity index (χ1n) is 3.19. The average molecular weight is 147 g/mol. The quantitative estimate of drug-likeness (QED) is 0.628. The van der Waals surface area contributed by atoms with E-state index in [1.807, 2.05) is 0 Å². The molecule has 0 aliphatic carbocycles. The largest absolute Gasteiger partial charge is 0.441 e. The van der Waals surface area contributed by atoms with Crippen molar-refractivity contribution in [2.75, 3.05) is 13.2 Å². The summed E-state index contributed by atoms with van der Waals surface area (Å²) >= 11 is 0. The molecule has 0 aromatic heterocycles. The minimum atomic E-state index is -0.619. The molecule has 1 aliphatic heterocycles. The van der Waals surface area contributed by atoms with Crippen LogP contribution in [0.3, 0.4) is 0 Å². The highest BCUT2D eigenvalue weighted by atomic mass is 19.1. The summed E-state index contributed by atoms with van der Waals surface area (Å²) in [5.41, 5.74) is -0.619. The third-order valence-corrected chi connectivity index (χ3v) is 1.57. The summed E-state index contributed by atoms with van der Waals surface area (Å²) in [5.74, 6) is 0. The number of carbonyl (C=O) groups excluding carboxylic acids is 1. The Labute approximate surface area is 58.5 Å². The standard InChI is InChI=1S/C6H10FNO2/c1-6(2-3-7)4-8-5(9)10-6/h2-4H2,1H3,(H,8,9). The van der Waals surface area contributed by atoms with Gasteiger partial charge in [-0.1, -0.05) is 0 Å². The molecule has 1 heterocycles. The van der Waals surface area contributed by atoms with Gasteiger partial charge in [-0.25, -0.2) is 4.79 Å². The summed E-state index contributed by atoms with van der Waals surface area (Å²) in [6.07, 6.45) is -0.179. The fourth-order valence-electron chi connectivity index (χ4n) is 0.894. The number of alkyl halides is 1. The number of rotatable bonds is 2. The Bertz CT molecular complexity index is 151. The van der Waals surface area contributed by atoms with Crippen molar-refractivity contribution in [1.29, 1.82) is 0 Å². The summed E-state index contributed by atoms with van der Waals surface area (Å²) in [6, 6.07) is 0. The molecule has 1 rings (SSSR count). The van der Waals surface area contributed by atoms with E-state index >= 15 is 0 Å². The van der Waals surface area contributed by atoms with Crippen molar-refractivity contribution in [3.05, 3.63) is 0 Å². The molecule has 1 atom stereocenters. The third-order valence-electron chi connectivity index (χ3n) is 1.57. The maximum atomic E-state index is 11.8. The van der Waals surface area contributed by atoms with Crippen LogP contribution in [0.2, 0.25) is 0 Å². The van der Waals surface area contributed by atoms with Crippen molar-refractivity contribution >= 4 is 6.09 Å². The SMILES string of the molecule is CC1(CCF)CNC(=O)O1. The molecule has 0 aromatic carbocycles. The lowest BCUT2D eigenvalue weighted by atomic mass is 10.0. The number of cyclic esters (lactones) is 1. The highest BCUT2D eigenvalue weighted by Gasteiger charge is 2.34. The third kappa shape index (κ3) is 1.37. The van der Waals surface area contributed by atoms with Crippen molar-refractivity contribution < 1.29 is 13.9 Å². The summed E-state index contributed by atoms with van der Waals surface area (Å²) < 4.78 is 16.6. The van der Waals surface area contributed by atoms with E-state index in [2.05, 4.69) is 5.32 Å². The van der Waals surface area contributed by atoms with Gasteiger partial charge in [0, 0.05) is 6.42 Å². The molecule has 1 amide bonds. The molecule has 1 N–H and O–H groups in total. The second-order valence-electron chi connectivity index (χ2n) is 2.63. The van der Waals surface area contributed by atoms with E-state index in [1.54, 1.807) is 6.92 Å². The number of nitrogens with one attached hydrogen (secondary N) is 1. The zero-order valence-corrected chi connectivity index (χ0v) is 5.82. The molecule has 0 spiro atoms. The van der Waals surface area contributed by atoms with E-state index in [9.17, 15) is 9.18 Å². The summed E-state index contributed by atoms with van der Waals surface area (Å²) in [5, 5.41) is 2.47. The number of hydrogen-bond donors (Lipinski definition) is 1. The topological polar surface area (TPSA) is 38.3 Å². The van der Waals surface area contributed by atoms with Crippen LogP contribution in [0.15, 0.2) is 0 Å². The summed E-state index contributed by atoms with van der Waals surface area (Å²) in [6.45, 7) is 1.67. The van der Waals surface area contributed by atoms with Gasteiger partial charge in [0.25, 0.3) is 0 Å². The van der Waals surface area contributed by atoms with Crippen molar-refractivity contribution in [3.63, 3.8) is 0 Å². The molecule has 0 radical (unpaired) electrons. The number of hydrogen-bond acceptors (Lipinski definition) is 2. The lowest BCUT2D eigenvalue weighted by Gasteiger charge is -2.18. The van der Waals surface area contributed by atoms with Gasteiger partial charge in [0.1, 0.15) is 5.60 Å². The minimum absolute atomic E-state index is 0.270. The monoisotopic (exact) mass is 147 g/mol. The highest BCUT2D eigenvalue weighted by molar-refractivity contribution is 5.70. The number of ether oxygens (including phenoxy) is 1. The van der Waals surface area contributed by atoms with E-state index in [0.29, 0.717) is 6.54 Å². The zero-order chi connectivity index (χ0) is 7.61. The van der Waals surface area contributed by atoms with Gasteiger partial charge in [-0.2, -0.15) is 0 Å². The Morgan fingerprint density at radius 2 is 2.60 bits per heavy atom. The number of halogens is 1. The van der Waals surface area contributed by atoms with Gasteiger partial charge in [-0.3, -0.25) is 4.39 Å². The van der Waals surface area contributed by atoms with Crippen molar-refractivity contribution in [3.8, 4) is 0 Å². The molecule has 1 saturated heterocycles. The zero-order valence-electron chi connectivity index (χ0n) is 5.82. The predicted molar refractivity (Wildman–Crippen MR) is 33.5 cm³/mol. The van der Waals surface area contributed by atoms with Crippen molar-refractivity contribution in [2.45, 2.75) is 18.9 Å². The fraction of sp³-hybridized carbons (Fsp3) is 0.833. The second kappa shape index (κ2) is 2.44. The molecule has 0 saturated carbocycles. The van der Waals surface area contributed by atoms with E-state index in [1.165, 1.54) is 0 Å². The summed E-state index contributed by atoms with van der Waals surface area (Å²) in [4.78, 5) is 10.5. The Morgan fingerprint density at radius 3 is 3.00 bits per heavy atom. The fourth-order valence-corrected chi connectivity index (χ4v) is 0.894. The van der Waals surface area contributed by atoms with Crippen LogP contribution in [0.25, 0.3) is 0 Å². The molecule has 1 unspecified atom stereocenters. The van der Waals surface area contributed by atoms with Gasteiger partial charge in [0.2, 0.25) is 0 Å². The lowest BCUT2D eigenvalue weighted by Crippen LogP contribution is -2.29. The Morgan fingerprint density at radius 1 is 1.90 bits per heavy atom. The van der Waals surface area contributed by atoms with Crippen LogP contribution in [-0.4, -0.2) is 24.9 Å². The molecular formula is C6H10FNO2. The maximum absolute atomic E-state index is 11.8. The normalized spacial score (nSPS) is 31.6. The van der Waals surface area contributed by atoms with Crippen LogP contribution in [0.5, 0.6) is 0 Å². The highest BCUT2D eigenvalue weighted by Crippen LogP contribution is 2.19. The van der Waals surface area contributed by atoms with Gasteiger partial charge in [-0.05, 0) is 6.92 Å². The molecule has 0 aromatic rings.